The average molecular weight is 361 g/mol. The number of hydrogen-bond acceptors (Lipinski definition) is 4. The van der Waals surface area contributed by atoms with E-state index in [9.17, 15) is 8.78 Å². The predicted octanol–water partition coefficient (Wildman–Crippen LogP) is 4.31. The summed E-state index contributed by atoms with van der Waals surface area (Å²) in [6.45, 7) is 8.24. The van der Waals surface area contributed by atoms with Gasteiger partial charge in [0, 0.05) is 25.0 Å². The first-order valence-corrected chi connectivity index (χ1v) is 8.98. The maximum Gasteiger partial charge on any atom is 0.237 e. The molecular weight excluding hydrogens is 336 g/mol. The van der Waals surface area contributed by atoms with Crippen LogP contribution in [0.2, 0.25) is 0 Å². The van der Waals surface area contributed by atoms with E-state index in [0.29, 0.717) is 18.0 Å². The molecule has 0 bridgehead atoms. The van der Waals surface area contributed by atoms with Gasteiger partial charge in [0.15, 0.2) is 0 Å². The third-order valence-corrected chi connectivity index (χ3v) is 4.50. The van der Waals surface area contributed by atoms with Crippen molar-refractivity contribution in [3.05, 3.63) is 53.5 Å². The van der Waals surface area contributed by atoms with Crippen molar-refractivity contribution in [2.75, 3.05) is 13.1 Å². The topological polar surface area (TPSA) is 38.3 Å². The van der Waals surface area contributed by atoms with Crippen LogP contribution in [0.25, 0.3) is 0 Å². The molecule has 2 aromatic rings. The van der Waals surface area contributed by atoms with Crippen LogP contribution in [0.4, 0.5) is 8.78 Å². The summed E-state index contributed by atoms with van der Waals surface area (Å²) in [5.41, 5.74) is 1.09. The van der Waals surface area contributed by atoms with Gasteiger partial charge in [0.05, 0.1) is 0 Å². The summed E-state index contributed by atoms with van der Waals surface area (Å²) in [4.78, 5) is 11.0. The molecule has 1 aliphatic heterocycles. The van der Waals surface area contributed by atoms with Crippen LogP contribution in [-0.4, -0.2) is 33.6 Å². The third-order valence-electron chi connectivity index (χ3n) is 4.50. The van der Waals surface area contributed by atoms with E-state index in [1.165, 1.54) is 6.07 Å². The first kappa shape index (κ1) is 18.7. The maximum atomic E-state index is 14.0. The van der Waals surface area contributed by atoms with Crippen LogP contribution in [0.15, 0.2) is 30.6 Å². The minimum Gasteiger partial charge on any atom is -0.471 e. The second-order valence-electron chi connectivity index (χ2n) is 7.74. The van der Waals surface area contributed by atoms with E-state index in [4.69, 9.17) is 4.74 Å². The first-order valence-electron chi connectivity index (χ1n) is 8.98. The van der Waals surface area contributed by atoms with Gasteiger partial charge in [0.2, 0.25) is 5.88 Å². The summed E-state index contributed by atoms with van der Waals surface area (Å²) in [6.07, 6.45) is 4.97. The van der Waals surface area contributed by atoms with E-state index in [1.807, 2.05) is 20.8 Å². The Balaban J connectivity index is 1.63. The fourth-order valence-electron chi connectivity index (χ4n) is 3.28. The number of ether oxygens (including phenoxy) is 1. The lowest BCUT2D eigenvalue weighted by molar-refractivity contribution is 0.117. The Bertz CT molecular complexity index is 753. The number of piperidine rings is 1. The second-order valence-corrected chi connectivity index (χ2v) is 7.74. The van der Waals surface area contributed by atoms with E-state index in [2.05, 4.69) is 14.9 Å². The minimum atomic E-state index is -0.530. The summed E-state index contributed by atoms with van der Waals surface area (Å²) in [5.74, 6) is -0.290. The molecule has 6 heteroatoms. The number of nitrogens with zero attached hydrogens (tertiary/aromatic N) is 3. The SMILES string of the molecule is CC(C)(C)Oc1nccnc1CN1CCC(c2ccc(F)cc2F)CC1. The van der Waals surface area contributed by atoms with Crippen LogP contribution in [0.3, 0.4) is 0 Å². The molecule has 0 N–H and O–H groups in total. The van der Waals surface area contributed by atoms with E-state index in [1.54, 1.807) is 18.5 Å². The molecule has 140 valence electrons. The average Bonchev–Trinajstić information content (AvgIpc) is 2.56. The molecule has 26 heavy (non-hydrogen) atoms. The van der Waals surface area contributed by atoms with E-state index < -0.39 is 11.6 Å². The molecule has 0 amide bonds. The molecular formula is C20H25F2N3O. The zero-order valence-corrected chi connectivity index (χ0v) is 15.5. The molecule has 0 spiro atoms. The molecule has 0 unspecified atom stereocenters. The van der Waals surface area contributed by atoms with Gasteiger partial charge in [-0.1, -0.05) is 6.07 Å². The Hall–Kier alpha value is -2.08. The predicted molar refractivity (Wildman–Crippen MR) is 96.0 cm³/mol. The molecule has 1 aromatic carbocycles. The smallest absolute Gasteiger partial charge is 0.237 e. The van der Waals surface area contributed by atoms with Crippen molar-refractivity contribution in [1.29, 1.82) is 0 Å². The summed E-state index contributed by atoms with van der Waals surface area (Å²) in [7, 11) is 0. The van der Waals surface area contributed by atoms with Gasteiger partial charge in [0.1, 0.15) is 22.9 Å². The highest BCUT2D eigenvalue weighted by molar-refractivity contribution is 5.23. The van der Waals surface area contributed by atoms with Gasteiger partial charge < -0.3 is 4.74 Å². The quantitative estimate of drug-likeness (QED) is 0.813. The van der Waals surface area contributed by atoms with Crippen molar-refractivity contribution in [2.24, 2.45) is 0 Å². The van der Waals surface area contributed by atoms with Gasteiger partial charge in [-0.05, 0) is 64.3 Å². The Morgan fingerprint density at radius 3 is 2.46 bits per heavy atom. The van der Waals surface area contributed by atoms with Gasteiger partial charge in [-0.3, -0.25) is 9.88 Å². The Morgan fingerprint density at radius 2 is 1.81 bits per heavy atom. The fraction of sp³-hybridized carbons (Fsp3) is 0.500. The van der Waals surface area contributed by atoms with Gasteiger partial charge in [-0.15, -0.1) is 0 Å². The van der Waals surface area contributed by atoms with E-state index in [-0.39, 0.29) is 11.5 Å². The summed E-state index contributed by atoms with van der Waals surface area (Å²) in [5, 5.41) is 0. The summed E-state index contributed by atoms with van der Waals surface area (Å²) >= 11 is 0. The molecule has 1 aliphatic rings. The monoisotopic (exact) mass is 361 g/mol. The van der Waals surface area contributed by atoms with Gasteiger partial charge in [0.25, 0.3) is 0 Å². The third kappa shape index (κ3) is 4.75. The van der Waals surface area contributed by atoms with Crippen LogP contribution >= 0.6 is 0 Å². The van der Waals surface area contributed by atoms with E-state index >= 15 is 0 Å². The van der Waals surface area contributed by atoms with Crippen LogP contribution in [0.1, 0.15) is 50.8 Å². The molecule has 3 rings (SSSR count). The lowest BCUT2D eigenvalue weighted by Crippen LogP contribution is -2.33. The summed E-state index contributed by atoms with van der Waals surface area (Å²) < 4.78 is 33.0. The molecule has 1 saturated heterocycles. The standard InChI is InChI=1S/C20H25F2N3O/c1-20(2,3)26-19-18(23-8-9-24-19)13-25-10-6-14(7-11-25)16-5-4-15(21)12-17(16)22/h4-5,8-9,12,14H,6-7,10-11,13H2,1-3H3. The van der Waals surface area contributed by atoms with Gasteiger partial charge in [-0.25, -0.2) is 13.8 Å². The minimum absolute atomic E-state index is 0.124. The Morgan fingerprint density at radius 1 is 1.12 bits per heavy atom. The van der Waals surface area contributed by atoms with Crippen LogP contribution in [0.5, 0.6) is 5.88 Å². The highest BCUT2D eigenvalue weighted by atomic mass is 19.1. The van der Waals surface area contributed by atoms with Crippen molar-refractivity contribution >= 4 is 0 Å². The van der Waals surface area contributed by atoms with Crippen molar-refractivity contribution in [3.63, 3.8) is 0 Å². The highest BCUT2D eigenvalue weighted by Gasteiger charge is 2.25. The van der Waals surface area contributed by atoms with Gasteiger partial charge >= 0.3 is 0 Å². The fourth-order valence-corrected chi connectivity index (χ4v) is 3.28. The molecule has 1 aromatic heterocycles. The van der Waals surface area contributed by atoms with Crippen molar-refractivity contribution in [2.45, 2.75) is 51.7 Å². The molecule has 0 atom stereocenters. The lowest BCUT2D eigenvalue weighted by atomic mass is 9.89. The molecule has 1 fully saturated rings. The number of halogens is 2. The lowest BCUT2D eigenvalue weighted by Gasteiger charge is -2.32. The Labute approximate surface area is 153 Å². The molecule has 4 nitrogen and oxygen atoms in total. The van der Waals surface area contributed by atoms with Gasteiger partial charge in [-0.2, -0.15) is 0 Å². The second kappa shape index (κ2) is 7.66. The molecule has 0 saturated carbocycles. The maximum absolute atomic E-state index is 14.0. The number of aromatic nitrogens is 2. The normalized spacial score (nSPS) is 16.7. The highest BCUT2D eigenvalue weighted by Crippen LogP contribution is 2.31. The number of benzene rings is 1. The zero-order chi connectivity index (χ0) is 18.7. The van der Waals surface area contributed by atoms with Crippen molar-refractivity contribution in [1.82, 2.24) is 14.9 Å². The molecule has 0 radical (unpaired) electrons. The van der Waals surface area contributed by atoms with Crippen molar-refractivity contribution < 1.29 is 13.5 Å². The van der Waals surface area contributed by atoms with Crippen LogP contribution in [0, 0.1) is 11.6 Å². The van der Waals surface area contributed by atoms with Crippen molar-refractivity contribution in [3.8, 4) is 5.88 Å². The zero-order valence-electron chi connectivity index (χ0n) is 15.5. The molecule has 2 heterocycles. The molecule has 0 aliphatic carbocycles. The van der Waals surface area contributed by atoms with Crippen LogP contribution in [-0.2, 0) is 6.54 Å². The number of rotatable bonds is 4. The summed E-state index contributed by atoms with van der Waals surface area (Å²) in [6, 6.07) is 3.88. The van der Waals surface area contributed by atoms with Crippen LogP contribution < -0.4 is 4.74 Å². The first-order chi connectivity index (χ1) is 12.3. The number of likely N-dealkylation sites (tertiary alicyclic amines) is 1. The largest absolute Gasteiger partial charge is 0.471 e. The van der Waals surface area contributed by atoms with E-state index in [0.717, 1.165) is 37.7 Å². The Kier molecular flexibility index (Phi) is 5.51. The number of hydrogen-bond donors (Lipinski definition) is 0.